The lowest BCUT2D eigenvalue weighted by molar-refractivity contribution is 0.0322. The third-order valence-electron chi connectivity index (χ3n) is 5.32. The molecule has 3 aromatic carbocycles. The van der Waals surface area contributed by atoms with Crippen LogP contribution in [-0.2, 0) is 4.74 Å². The Balaban J connectivity index is 1.36. The summed E-state index contributed by atoms with van der Waals surface area (Å²) in [6.07, 6.45) is 0. The van der Waals surface area contributed by atoms with Gasteiger partial charge in [-0.05, 0) is 54.6 Å². The second-order valence-corrected chi connectivity index (χ2v) is 8.01. The fraction of sp³-hybridized carbons (Fsp3) is 0.240. The molecule has 1 heterocycles. The predicted octanol–water partition coefficient (Wildman–Crippen LogP) is 5.30. The molecular weight excluding hydrogens is 450 g/mol. The zero-order valence-electron chi connectivity index (χ0n) is 17.8. The van der Waals surface area contributed by atoms with Gasteiger partial charge in [0.2, 0.25) is 0 Å². The first-order valence-electron chi connectivity index (χ1n) is 10.6. The number of anilines is 2. The minimum absolute atomic E-state index is 0.141. The van der Waals surface area contributed by atoms with Crippen molar-refractivity contribution in [3.8, 4) is 5.75 Å². The maximum atomic E-state index is 13.8. The molecule has 1 fully saturated rings. The molecule has 0 atom stereocenters. The van der Waals surface area contributed by atoms with Crippen LogP contribution in [0, 0.1) is 11.6 Å². The molecule has 1 aliphatic heterocycles. The van der Waals surface area contributed by atoms with E-state index in [0.717, 1.165) is 38.9 Å². The van der Waals surface area contributed by atoms with Gasteiger partial charge in [-0.3, -0.25) is 9.69 Å². The van der Waals surface area contributed by atoms with E-state index in [1.54, 1.807) is 42.5 Å². The number of benzene rings is 3. The maximum Gasteiger partial charge on any atom is 0.194 e. The average molecular weight is 473 g/mol. The third-order valence-corrected chi connectivity index (χ3v) is 5.64. The molecule has 0 aliphatic carbocycles. The minimum Gasteiger partial charge on any atom is -0.492 e. The van der Waals surface area contributed by atoms with Crippen LogP contribution in [0.3, 0.4) is 0 Å². The molecule has 0 amide bonds. The van der Waals surface area contributed by atoms with Crippen molar-refractivity contribution in [2.75, 3.05) is 44.8 Å². The molecule has 1 N–H and O–H groups in total. The number of carbonyl (C=O) groups excluding carboxylic acids is 1. The Hall–Kier alpha value is -3.00. The Labute approximate surface area is 195 Å². The summed E-state index contributed by atoms with van der Waals surface area (Å²) in [4.78, 5) is 15.2. The van der Waals surface area contributed by atoms with E-state index in [1.807, 2.05) is 0 Å². The van der Waals surface area contributed by atoms with Gasteiger partial charge >= 0.3 is 0 Å². The Morgan fingerprint density at radius 2 is 1.79 bits per heavy atom. The topological polar surface area (TPSA) is 50.8 Å². The number of carbonyl (C=O) groups is 1. The van der Waals surface area contributed by atoms with Gasteiger partial charge in [0.1, 0.15) is 24.0 Å². The van der Waals surface area contributed by atoms with Crippen LogP contribution < -0.4 is 10.1 Å². The zero-order chi connectivity index (χ0) is 23.2. The highest BCUT2D eigenvalue weighted by atomic mass is 35.5. The molecule has 3 aromatic rings. The van der Waals surface area contributed by atoms with Gasteiger partial charge in [0.25, 0.3) is 0 Å². The van der Waals surface area contributed by atoms with Gasteiger partial charge in [-0.15, -0.1) is 0 Å². The lowest BCUT2D eigenvalue weighted by atomic mass is 10.0. The fourth-order valence-corrected chi connectivity index (χ4v) is 3.75. The second-order valence-electron chi connectivity index (χ2n) is 7.60. The summed E-state index contributed by atoms with van der Waals surface area (Å²) < 4.78 is 38.0. The van der Waals surface area contributed by atoms with E-state index in [9.17, 15) is 13.6 Å². The molecule has 1 aliphatic rings. The van der Waals surface area contributed by atoms with Crippen LogP contribution in [0.25, 0.3) is 0 Å². The molecule has 172 valence electrons. The molecule has 8 heteroatoms. The van der Waals surface area contributed by atoms with Gasteiger partial charge in [0.05, 0.1) is 23.9 Å². The number of morpholine rings is 1. The van der Waals surface area contributed by atoms with E-state index in [1.165, 1.54) is 12.1 Å². The number of halogens is 3. The molecule has 0 saturated carbocycles. The van der Waals surface area contributed by atoms with Gasteiger partial charge in [0, 0.05) is 42.5 Å². The highest BCUT2D eigenvalue weighted by molar-refractivity contribution is 6.35. The van der Waals surface area contributed by atoms with Crippen molar-refractivity contribution in [3.05, 3.63) is 88.4 Å². The van der Waals surface area contributed by atoms with Crippen molar-refractivity contribution in [2.45, 2.75) is 0 Å². The number of ketones is 1. The molecule has 5 nitrogen and oxygen atoms in total. The van der Waals surface area contributed by atoms with Crippen LogP contribution in [0.4, 0.5) is 20.2 Å². The van der Waals surface area contributed by atoms with E-state index in [-0.39, 0.29) is 11.5 Å². The first kappa shape index (κ1) is 23.2. The summed E-state index contributed by atoms with van der Waals surface area (Å²) in [6.45, 7) is 4.58. The summed E-state index contributed by atoms with van der Waals surface area (Å²) in [7, 11) is 0. The zero-order valence-corrected chi connectivity index (χ0v) is 18.6. The number of ether oxygens (including phenoxy) is 2. The van der Waals surface area contributed by atoms with Gasteiger partial charge in [-0.25, -0.2) is 8.78 Å². The Morgan fingerprint density at radius 1 is 1.03 bits per heavy atom. The van der Waals surface area contributed by atoms with Gasteiger partial charge in [-0.1, -0.05) is 11.6 Å². The van der Waals surface area contributed by atoms with Crippen molar-refractivity contribution in [1.82, 2.24) is 4.90 Å². The molecule has 0 spiro atoms. The van der Waals surface area contributed by atoms with Crippen LogP contribution in [0.1, 0.15) is 15.9 Å². The average Bonchev–Trinajstić information content (AvgIpc) is 2.82. The minimum atomic E-state index is -0.700. The molecule has 0 aromatic heterocycles. The van der Waals surface area contributed by atoms with Crippen LogP contribution in [0.15, 0.2) is 60.7 Å². The summed E-state index contributed by atoms with van der Waals surface area (Å²) in [5.41, 5.74) is 1.50. The molecule has 1 saturated heterocycles. The van der Waals surface area contributed by atoms with Gasteiger partial charge < -0.3 is 14.8 Å². The Morgan fingerprint density at radius 3 is 2.48 bits per heavy atom. The predicted molar refractivity (Wildman–Crippen MR) is 124 cm³/mol. The van der Waals surface area contributed by atoms with Crippen LogP contribution in [-0.4, -0.2) is 50.1 Å². The fourth-order valence-electron chi connectivity index (χ4n) is 3.49. The third kappa shape index (κ3) is 6.07. The SMILES string of the molecule is O=C(c1ccc(Nc2ccc(F)cc2F)cc1)c1ccc(OCCN2CCOCC2)cc1Cl. The van der Waals surface area contributed by atoms with E-state index >= 15 is 0 Å². The van der Waals surface area contributed by atoms with Crippen molar-refractivity contribution in [1.29, 1.82) is 0 Å². The summed E-state index contributed by atoms with van der Waals surface area (Å²) in [5, 5.41) is 3.17. The van der Waals surface area contributed by atoms with E-state index in [4.69, 9.17) is 21.1 Å². The highest BCUT2D eigenvalue weighted by Gasteiger charge is 2.15. The van der Waals surface area contributed by atoms with Gasteiger partial charge in [-0.2, -0.15) is 0 Å². The molecule has 0 bridgehead atoms. The van der Waals surface area contributed by atoms with Gasteiger partial charge in [0.15, 0.2) is 5.78 Å². The lowest BCUT2D eigenvalue weighted by Crippen LogP contribution is -2.38. The van der Waals surface area contributed by atoms with E-state index < -0.39 is 11.6 Å². The van der Waals surface area contributed by atoms with Crippen molar-refractivity contribution < 1.29 is 23.0 Å². The van der Waals surface area contributed by atoms with Crippen molar-refractivity contribution in [3.63, 3.8) is 0 Å². The summed E-state index contributed by atoms with van der Waals surface area (Å²) in [6, 6.07) is 14.8. The number of hydrogen-bond donors (Lipinski definition) is 1. The maximum absolute atomic E-state index is 13.8. The second kappa shape index (κ2) is 10.7. The quantitative estimate of drug-likeness (QED) is 0.451. The molecule has 4 rings (SSSR count). The van der Waals surface area contributed by atoms with Crippen molar-refractivity contribution >= 4 is 28.8 Å². The smallest absolute Gasteiger partial charge is 0.194 e. The molecular formula is C25H23ClF2N2O3. The summed E-state index contributed by atoms with van der Waals surface area (Å²) >= 11 is 6.36. The largest absolute Gasteiger partial charge is 0.492 e. The first-order chi connectivity index (χ1) is 16.0. The number of nitrogens with one attached hydrogen (secondary N) is 1. The normalized spacial score (nSPS) is 14.2. The van der Waals surface area contributed by atoms with E-state index in [2.05, 4.69) is 10.2 Å². The monoisotopic (exact) mass is 472 g/mol. The van der Waals surface area contributed by atoms with Crippen LogP contribution in [0.2, 0.25) is 5.02 Å². The van der Waals surface area contributed by atoms with Crippen LogP contribution >= 0.6 is 11.6 Å². The highest BCUT2D eigenvalue weighted by Crippen LogP contribution is 2.26. The lowest BCUT2D eigenvalue weighted by Gasteiger charge is -2.26. The summed E-state index contributed by atoms with van der Waals surface area (Å²) in [5.74, 6) is -0.983. The van der Waals surface area contributed by atoms with Crippen LogP contribution in [0.5, 0.6) is 5.75 Å². The number of rotatable bonds is 8. The number of hydrogen-bond acceptors (Lipinski definition) is 5. The molecule has 33 heavy (non-hydrogen) atoms. The first-order valence-corrected chi connectivity index (χ1v) is 11.0. The van der Waals surface area contributed by atoms with E-state index in [0.29, 0.717) is 34.2 Å². The molecule has 0 radical (unpaired) electrons. The Bertz CT molecular complexity index is 1120. The standard InChI is InChI=1S/C25H23ClF2N2O3/c26-22-16-20(33-14-11-30-9-12-32-13-10-30)6-7-21(22)25(31)17-1-4-19(5-2-17)29-24-8-3-18(27)15-23(24)28/h1-8,15-16,29H,9-14H2. The Kier molecular flexibility index (Phi) is 7.54. The molecule has 0 unspecified atom stereocenters. The number of nitrogens with zero attached hydrogens (tertiary/aromatic N) is 1. The van der Waals surface area contributed by atoms with Crippen molar-refractivity contribution in [2.24, 2.45) is 0 Å².